The van der Waals surface area contributed by atoms with Crippen LogP contribution in [-0.4, -0.2) is 38.5 Å². The van der Waals surface area contributed by atoms with Crippen molar-refractivity contribution < 1.29 is 9.47 Å². The minimum atomic E-state index is 0.429. The first-order valence-corrected chi connectivity index (χ1v) is 5.87. The van der Waals surface area contributed by atoms with Crippen molar-refractivity contribution in [2.75, 3.05) is 31.2 Å². The van der Waals surface area contributed by atoms with Gasteiger partial charge in [0.2, 0.25) is 0 Å². The number of aryl methyl sites for hydroxylation is 1. The first-order valence-electron chi connectivity index (χ1n) is 5.87. The lowest BCUT2D eigenvalue weighted by molar-refractivity contribution is 0.389. The quantitative estimate of drug-likeness (QED) is 0.704. The highest BCUT2D eigenvalue weighted by Gasteiger charge is 2.31. The Morgan fingerprint density at radius 2 is 1.69 bits per heavy atom. The lowest BCUT2D eigenvalue weighted by Crippen LogP contribution is -2.32. The van der Waals surface area contributed by atoms with Crippen molar-refractivity contribution in [3.8, 4) is 0 Å². The number of anilines is 1. The normalized spacial score (nSPS) is 26.6. The Labute approximate surface area is 96.0 Å². The monoisotopic (exact) mass is 219 g/mol. The largest absolute Gasteiger partial charge is 0.371 e. The van der Waals surface area contributed by atoms with Gasteiger partial charge in [-0.05, 0) is 18.6 Å². The highest BCUT2D eigenvalue weighted by molar-refractivity contribution is 5.53. The molecule has 2 saturated heterocycles. The van der Waals surface area contributed by atoms with E-state index >= 15 is 0 Å². The molecule has 2 aliphatic heterocycles. The Bertz CT molecular complexity index is 358. The van der Waals surface area contributed by atoms with Gasteiger partial charge in [0.05, 0.1) is 25.4 Å². The molecule has 2 heterocycles. The minimum Gasteiger partial charge on any atom is -0.371 e. The summed E-state index contributed by atoms with van der Waals surface area (Å²) < 4.78 is 10.6. The molecule has 3 heteroatoms. The van der Waals surface area contributed by atoms with Crippen LogP contribution in [0.15, 0.2) is 24.3 Å². The van der Waals surface area contributed by atoms with E-state index in [4.69, 9.17) is 9.47 Å². The van der Waals surface area contributed by atoms with Gasteiger partial charge in [-0.1, -0.05) is 18.2 Å². The molecule has 3 rings (SSSR count). The van der Waals surface area contributed by atoms with Crippen LogP contribution in [0.4, 0.5) is 5.69 Å². The van der Waals surface area contributed by atoms with E-state index < -0.39 is 0 Å². The summed E-state index contributed by atoms with van der Waals surface area (Å²) >= 11 is 0. The Morgan fingerprint density at radius 1 is 1.12 bits per heavy atom. The van der Waals surface area contributed by atoms with E-state index in [2.05, 4.69) is 36.1 Å². The van der Waals surface area contributed by atoms with Crippen LogP contribution in [0.3, 0.4) is 0 Å². The molecule has 0 bridgehead atoms. The average molecular weight is 219 g/mol. The van der Waals surface area contributed by atoms with E-state index in [0.717, 1.165) is 26.3 Å². The van der Waals surface area contributed by atoms with Crippen LogP contribution in [0.5, 0.6) is 0 Å². The van der Waals surface area contributed by atoms with Crippen LogP contribution in [-0.2, 0) is 9.47 Å². The molecule has 0 unspecified atom stereocenters. The van der Waals surface area contributed by atoms with Crippen LogP contribution in [0, 0.1) is 6.92 Å². The summed E-state index contributed by atoms with van der Waals surface area (Å²) in [4.78, 5) is 2.39. The van der Waals surface area contributed by atoms with E-state index in [9.17, 15) is 0 Å². The van der Waals surface area contributed by atoms with Gasteiger partial charge < -0.3 is 14.4 Å². The fraction of sp³-hybridized carbons (Fsp3) is 0.538. The average Bonchev–Trinajstić information content (AvgIpc) is 3.12. The molecule has 2 atom stereocenters. The second-order valence-corrected chi connectivity index (χ2v) is 4.60. The Balaban J connectivity index is 1.76. The van der Waals surface area contributed by atoms with Crippen molar-refractivity contribution in [3.05, 3.63) is 29.8 Å². The van der Waals surface area contributed by atoms with Crippen LogP contribution in [0.25, 0.3) is 0 Å². The second kappa shape index (κ2) is 4.07. The third-order valence-corrected chi connectivity index (χ3v) is 3.11. The van der Waals surface area contributed by atoms with E-state index in [1.165, 1.54) is 11.3 Å². The summed E-state index contributed by atoms with van der Waals surface area (Å²) in [5.41, 5.74) is 2.64. The standard InChI is InChI=1S/C13H17NO2/c1-10-4-2-3-5-13(10)14(6-11-8-15-11)7-12-9-16-12/h2-5,11-12H,6-9H2,1H3/t11-,12-/m1/s1. The number of para-hydroxylation sites is 1. The van der Waals surface area contributed by atoms with Gasteiger partial charge in [0, 0.05) is 18.8 Å². The summed E-state index contributed by atoms with van der Waals surface area (Å²) in [7, 11) is 0. The summed E-state index contributed by atoms with van der Waals surface area (Å²) in [6.07, 6.45) is 0.858. The zero-order valence-corrected chi connectivity index (χ0v) is 9.56. The van der Waals surface area contributed by atoms with Crippen molar-refractivity contribution in [2.24, 2.45) is 0 Å². The molecule has 0 N–H and O–H groups in total. The maximum absolute atomic E-state index is 5.32. The predicted molar refractivity (Wildman–Crippen MR) is 62.9 cm³/mol. The van der Waals surface area contributed by atoms with Crippen molar-refractivity contribution in [1.29, 1.82) is 0 Å². The number of ether oxygens (including phenoxy) is 2. The molecule has 2 fully saturated rings. The first kappa shape index (κ1) is 10.1. The topological polar surface area (TPSA) is 28.3 Å². The maximum atomic E-state index is 5.32. The van der Waals surface area contributed by atoms with Gasteiger partial charge >= 0.3 is 0 Å². The summed E-state index contributed by atoms with van der Waals surface area (Å²) in [5.74, 6) is 0. The van der Waals surface area contributed by atoms with Gasteiger partial charge in [0.1, 0.15) is 0 Å². The Morgan fingerprint density at radius 3 is 2.19 bits per heavy atom. The fourth-order valence-electron chi connectivity index (χ4n) is 2.03. The third-order valence-electron chi connectivity index (χ3n) is 3.11. The maximum Gasteiger partial charge on any atom is 0.0984 e. The molecule has 0 aromatic heterocycles. The van der Waals surface area contributed by atoms with Gasteiger partial charge in [0.25, 0.3) is 0 Å². The number of hydrogen-bond donors (Lipinski definition) is 0. The van der Waals surface area contributed by atoms with Crippen molar-refractivity contribution >= 4 is 5.69 Å². The molecule has 0 aliphatic carbocycles. The van der Waals surface area contributed by atoms with E-state index in [0.29, 0.717) is 12.2 Å². The molecule has 86 valence electrons. The molecule has 0 saturated carbocycles. The van der Waals surface area contributed by atoms with Crippen molar-refractivity contribution in [1.82, 2.24) is 0 Å². The SMILES string of the molecule is Cc1ccccc1N(C[C@@H]1CO1)C[C@@H]1CO1. The molecule has 1 aromatic carbocycles. The number of hydrogen-bond acceptors (Lipinski definition) is 3. The third kappa shape index (κ3) is 2.36. The fourth-order valence-corrected chi connectivity index (χ4v) is 2.03. The van der Waals surface area contributed by atoms with E-state index in [-0.39, 0.29) is 0 Å². The Kier molecular flexibility index (Phi) is 2.58. The lowest BCUT2D eigenvalue weighted by Gasteiger charge is -2.25. The molecule has 0 spiro atoms. The first-order chi connectivity index (χ1) is 7.83. The summed E-state index contributed by atoms with van der Waals surface area (Å²) in [5, 5.41) is 0. The smallest absolute Gasteiger partial charge is 0.0984 e. The van der Waals surface area contributed by atoms with E-state index in [1.807, 2.05) is 0 Å². The van der Waals surface area contributed by atoms with Crippen LogP contribution < -0.4 is 4.90 Å². The summed E-state index contributed by atoms with van der Waals surface area (Å²) in [6.45, 7) is 5.96. The molecule has 0 radical (unpaired) electrons. The molecular weight excluding hydrogens is 202 g/mol. The molecular formula is C13H17NO2. The van der Waals surface area contributed by atoms with Crippen LogP contribution in [0.2, 0.25) is 0 Å². The number of nitrogens with zero attached hydrogens (tertiary/aromatic N) is 1. The van der Waals surface area contributed by atoms with Gasteiger partial charge in [-0.2, -0.15) is 0 Å². The molecule has 16 heavy (non-hydrogen) atoms. The van der Waals surface area contributed by atoms with Gasteiger partial charge in [-0.25, -0.2) is 0 Å². The minimum absolute atomic E-state index is 0.429. The zero-order valence-electron chi connectivity index (χ0n) is 9.56. The van der Waals surface area contributed by atoms with Crippen LogP contribution >= 0.6 is 0 Å². The zero-order chi connectivity index (χ0) is 11.0. The van der Waals surface area contributed by atoms with Gasteiger partial charge in [-0.3, -0.25) is 0 Å². The highest BCUT2D eigenvalue weighted by atomic mass is 16.6. The number of rotatable bonds is 5. The second-order valence-electron chi connectivity index (χ2n) is 4.60. The molecule has 0 amide bonds. The Hall–Kier alpha value is -1.06. The molecule has 1 aromatic rings. The molecule has 3 nitrogen and oxygen atoms in total. The predicted octanol–water partition coefficient (Wildman–Crippen LogP) is 1.60. The number of epoxide rings is 2. The van der Waals surface area contributed by atoms with Crippen molar-refractivity contribution in [2.45, 2.75) is 19.1 Å². The van der Waals surface area contributed by atoms with E-state index in [1.54, 1.807) is 0 Å². The van der Waals surface area contributed by atoms with Crippen molar-refractivity contribution in [3.63, 3.8) is 0 Å². The number of benzene rings is 1. The highest BCUT2D eigenvalue weighted by Crippen LogP contribution is 2.24. The van der Waals surface area contributed by atoms with Gasteiger partial charge in [-0.15, -0.1) is 0 Å². The van der Waals surface area contributed by atoms with Crippen LogP contribution in [0.1, 0.15) is 5.56 Å². The molecule has 2 aliphatic rings. The lowest BCUT2D eigenvalue weighted by atomic mass is 10.1. The summed E-state index contributed by atoms with van der Waals surface area (Å²) in [6, 6.07) is 8.51. The van der Waals surface area contributed by atoms with Gasteiger partial charge in [0.15, 0.2) is 0 Å².